The number of rotatable bonds is 8. The number of ether oxygens (including phenoxy) is 2. The van der Waals surface area contributed by atoms with Crippen molar-refractivity contribution < 1.29 is 14.3 Å². The summed E-state index contributed by atoms with van der Waals surface area (Å²) in [6, 6.07) is 16.0. The number of carbonyl (C=O) groups excluding carboxylic acids is 1. The number of benzene rings is 2. The molecule has 1 aromatic heterocycles. The van der Waals surface area contributed by atoms with Crippen LogP contribution in [0.1, 0.15) is 26.3 Å². The van der Waals surface area contributed by atoms with Crippen LogP contribution in [0.15, 0.2) is 53.7 Å². The first-order valence-electron chi connectivity index (χ1n) is 10.3. The largest absolute Gasteiger partial charge is 0.454 e. The zero-order valence-electron chi connectivity index (χ0n) is 17.9. The van der Waals surface area contributed by atoms with E-state index in [1.54, 1.807) is 0 Å². The second-order valence-electron chi connectivity index (χ2n) is 7.83. The Balaban J connectivity index is 1.57. The van der Waals surface area contributed by atoms with Crippen molar-refractivity contribution in [1.29, 1.82) is 0 Å². The molecule has 1 N–H and O–H groups in total. The number of nitrogens with one attached hydrogen (secondary N) is 1. The third-order valence-electron chi connectivity index (χ3n) is 5.25. The van der Waals surface area contributed by atoms with Crippen LogP contribution in [-0.4, -0.2) is 39.3 Å². The van der Waals surface area contributed by atoms with Crippen LogP contribution < -0.4 is 14.8 Å². The summed E-state index contributed by atoms with van der Waals surface area (Å²) in [6.07, 6.45) is 0. The Morgan fingerprint density at radius 1 is 1.10 bits per heavy atom. The van der Waals surface area contributed by atoms with Crippen LogP contribution in [0.3, 0.4) is 0 Å². The fourth-order valence-corrected chi connectivity index (χ4v) is 3.90. The predicted molar refractivity (Wildman–Crippen MR) is 120 cm³/mol. The van der Waals surface area contributed by atoms with E-state index in [1.165, 1.54) is 11.8 Å². The molecule has 0 radical (unpaired) electrons. The number of carbonyl (C=O) groups is 1. The zero-order chi connectivity index (χ0) is 21.8. The van der Waals surface area contributed by atoms with E-state index >= 15 is 0 Å². The average molecular weight is 439 g/mol. The SMILES string of the molecule is CC(C)C(C)NC(=O)CSc1nnc(-c2ccccc2)n1Cc1ccc2c(c1)OCO2. The first kappa shape index (κ1) is 21.2. The molecule has 1 aliphatic heterocycles. The van der Waals surface area contributed by atoms with Gasteiger partial charge in [-0.05, 0) is 30.5 Å². The van der Waals surface area contributed by atoms with Gasteiger partial charge in [0.1, 0.15) is 0 Å². The van der Waals surface area contributed by atoms with E-state index in [0.717, 1.165) is 28.5 Å². The Morgan fingerprint density at radius 3 is 2.65 bits per heavy atom. The molecule has 0 aliphatic carbocycles. The molecule has 1 atom stereocenters. The summed E-state index contributed by atoms with van der Waals surface area (Å²) in [4.78, 5) is 12.4. The quantitative estimate of drug-likeness (QED) is 0.536. The normalized spacial score (nSPS) is 13.4. The Kier molecular flexibility index (Phi) is 6.46. The van der Waals surface area contributed by atoms with E-state index in [4.69, 9.17) is 9.47 Å². The van der Waals surface area contributed by atoms with Gasteiger partial charge < -0.3 is 14.8 Å². The Labute approximate surface area is 186 Å². The van der Waals surface area contributed by atoms with Crippen molar-refractivity contribution in [2.24, 2.45) is 5.92 Å². The topological polar surface area (TPSA) is 78.3 Å². The lowest BCUT2D eigenvalue weighted by Crippen LogP contribution is -2.37. The van der Waals surface area contributed by atoms with Gasteiger partial charge in [0.25, 0.3) is 0 Å². The highest BCUT2D eigenvalue weighted by Crippen LogP contribution is 2.33. The molecule has 4 rings (SSSR count). The molecule has 1 amide bonds. The molecular weight excluding hydrogens is 412 g/mol. The molecule has 2 aromatic carbocycles. The van der Waals surface area contributed by atoms with Crippen molar-refractivity contribution in [1.82, 2.24) is 20.1 Å². The van der Waals surface area contributed by atoms with Crippen LogP contribution in [0.5, 0.6) is 11.5 Å². The smallest absolute Gasteiger partial charge is 0.231 e. The number of fused-ring (bicyclic) bond motifs is 1. The van der Waals surface area contributed by atoms with Crippen molar-refractivity contribution in [3.8, 4) is 22.9 Å². The number of thioether (sulfide) groups is 1. The third-order valence-corrected chi connectivity index (χ3v) is 6.21. The van der Waals surface area contributed by atoms with Gasteiger partial charge in [0, 0.05) is 11.6 Å². The van der Waals surface area contributed by atoms with Crippen molar-refractivity contribution in [2.45, 2.75) is 38.5 Å². The van der Waals surface area contributed by atoms with Crippen molar-refractivity contribution in [3.63, 3.8) is 0 Å². The summed E-state index contributed by atoms with van der Waals surface area (Å²) in [7, 11) is 0. The molecule has 162 valence electrons. The standard InChI is InChI=1S/C23H26N4O3S/c1-15(2)16(3)24-21(28)13-31-23-26-25-22(18-7-5-4-6-8-18)27(23)12-17-9-10-19-20(11-17)30-14-29-19/h4-11,15-16H,12-14H2,1-3H3,(H,24,28). The first-order valence-corrected chi connectivity index (χ1v) is 11.3. The number of amides is 1. The van der Waals surface area contributed by atoms with E-state index in [0.29, 0.717) is 17.6 Å². The lowest BCUT2D eigenvalue weighted by atomic mass is 10.1. The van der Waals surface area contributed by atoms with Gasteiger partial charge in [0.05, 0.1) is 12.3 Å². The van der Waals surface area contributed by atoms with Gasteiger partial charge in [-0.3, -0.25) is 9.36 Å². The average Bonchev–Trinajstić information content (AvgIpc) is 3.39. The minimum absolute atomic E-state index is 0.00918. The maximum absolute atomic E-state index is 12.4. The Hall–Kier alpha value is -3.00. The lowest BCUT2D eigenvalue weighted by Gasteiger charge is -2.17. The summed E-state index contributed by atoms with van der Waals surface area (Å²) in [5.41, 5.74) is 2.02. The van der Waals surface area contributed by atoms with Gasteiger partial charge in [-0.15, -0.1) is 10.2 Å². The molecule has 0 fully saturated rings. The van der Waals surface area contributed by atoms with Gasteiger partial charge >= 0.3 is 0 Å². The maximum Gasteiger partial charge on any atom is 0.231 e. The molecule has 8 heteroatoms. The van der Waals surface area contributed by atoms with E-state index in [-0.39, 0.29) is 24.5 Å². The molecule has 0 spiro atoms. The molecule has 2 heterocycles. The molecule has 7 nitrogen and oxygen atoms in total. The number of nitrogens with zero attached hydrogens (tertiary/aromatic N) is 3. The lowest BCUT2D eigenvalue weighted by molar-refractivity contribution is -0.119. The van der Waals surface area contributed by atoms with Gasteiger partial charge in [-0.2, -0.15) is 0 Å². The highest BCUT2D eigenvalue weighted by atomic mass is 32.2. The van der Waals surface area contributed by atoms with Crippen LogP contribution in [0.25, 0.3) is 11.4 Å². The summed E-state index contributed by atoms with van der Waals surface area (Å²) >= 11 is 1.39. The molecule has 3 aromatic rings. The summed E-state index contributed by atoms with van der Waals surface area (Å²) in [5.74, 6) is 2.91. The number of hydrogen-bond acceptors (Lipinski definition) is 6. The third kappa shape index (κ3) is 5.02. The molecular formula is C23H26N4O3S. The van der Waals surface area contributed by atoms with Gasteiger partial charge in [0.2, 0.25) is 12.7 Å². The molecule has 0 bridgehead atoms. The molecule has 31 heavy (non-hydrogen) atoms. The highest BCUT2D eigenvalue weighted by molar-refractivity contribution is 7.99. The maximum atomic E-state index is 12.4. The van der Waals surface area contributed by atoms with Crippen molar-refractivity contribution >= 4 is 17.7 Å². The second kappa shape index (κ2) is 9.43. The number of hydrogen-bond donors (Lipinski definition) is 1. The van der Waals surface area contributed by atoms with Crippen LogP contribution in [0, 0.1) is 5.92 Å². The Morgan fingerprint density at radius 2 is 1.87 bits per heavy atom. The first-order chi connectivity index (χ1) is 15.0. The summed E-state index contributed by atoms with van der Waals surface area (Å²) < 4.78 is 13.0. The second-order valence-corrected chi connectivity index (χ2v) is 8.78. The van der Waals surface area contributed by atoms with Gasteiger partial charge in [-0.25, -0.2) is 0 Å². The van der Waals surface area contributed by atoms with Crippen molar-refractivity contribution in [2.75, 3.05) is 12.5 Å². The fraction of sp³-hybridized carbons (Fsp3) is 0.348. The highest BCUT2D eigenvalue weighted by Gasteiger charge is 2.19. The van der Waals surface area contributed by atoms with E-state index in [2.05, 4.69) is 29.4 Å². The summed E-state index contributed by atoms with van der Waals surface area (Å²) in [6.45, 7) is 6.99. The van der Waals surface area contributed by atoms with E-state index < -0.39 is 0 Å². The Bertz CT molecular complexity index is 1050. The van der Waals surface area contributed by atoms with Crippen LogP contribution in [-0.2, 0) is 11.3 Å². The van der Waals surface area contributed by atoms with Crippen molar-refractivity contribution in [3.05, 3.63) is 54.1 Å². The predicted octanol–water partition coefficient (Wildman–Crippen LogP) is 3.97. The minimum Gasteiger partial charge on any atom is -0.454 e. The zero-order valence-corrected chi connectivity index (χ0v) is 18.7. The minimum atomic E-state index is -0.00918. The number of aromatic nitrogens is 3. The molecule has 0 saturated carbocycles. The van der Waals surface area contributed by atoms with Gasteiger partial charge in [-0.1, -0.05) is 62.0 Å². The van der Waals surface area contributed by atoms with Crippen LogP contribution in [0.4, 0.5) is 0 Å². The fourth-order valence-electron chi connectivity index (χ4n) is 3.15. The monoisotopic (exact) mass is 438 g/mol. The molecule has 1 aliphatic rings. The molecule has 1 unspecified atom stereocenters. The van der Waals surface area contributed by atoms with E-state index in [1.807, 2.05) is 60.0 Å². The van der Waals surface area contributed by atoms with Gasteiger partial charge in [0.15, 0.2) is 22.5 Å². The molecule has 0 saturated heterocycles. The van der Waals surface area contributed by atoms with Crippen LogP contribution in [0.2, 0.25) is 0 Å². The van der Waals surface area contributed by atoms with E-state index in [9.17, 15) is 4.79 Å². The summed E-state index contributed by atoms with van der Waals surface area (Å²) in [5, 5.41) is 12.5. The van der Waals surface area contributed by atoms with Crippen LogP contribution >= 0.6 is 11.8 Å².